The minimum Gasteiger partial charge on any atom is -0.495 e. The number of furan rings is 1. The SMILES string of the molecule is COc1ccc(Br)cc1NCc1c(C)oc2ccccc12. The van der Waals surface area contributed by atoms with Crippen molar-refractivity contribution in [3.05, 3.63) is 58.3 Å². The Kier molecular flexibility index (Phi) is 3.88. The molecule has 3 aromatic rings. The number of rotatable bonds is 4. The molecule has 0 saturated heterocycles. The number of halogens is 1. The number of methoxy groups -OCH3 is 1. The van der Waals surface area contributed by atoms with Crippen LogP contribution in [0.25, 0.3) is 11.0 Å². The van der Waals surface area contributed by atoms with Gasteiger partial charge in [0.1, 0.15) is 17.1 Å². The molecule has 0 atom stereocenters. The summed E-state index contributed by atoms with van der Waals surface area (Å²) < 4.78 is 12.2. The third-order valence-corrected chi connectivity index (χ3v) is 4.01. The third kappa shape index (κ3) is 2.76. The number of hydrogen-bond acceptors (Lipinski definition) is 3. The smallest absolute Gasteiger partial charge is 0.142 e. The number of aryl methyl sites for hydroxylation is 1. The molecule has 0 radical (unpaired) electrons. The molecular formula is C17H16BrNO2. The molecular weight excluding hydrogens is 330 g/mol. The van der Waals surface area contributed by atoms with Gasteiger partial charge in [-0.2, -0.15) is 0 Å². The average Bonchev–Trinajstić information content (AvgIpc) is 2.81. The molecule has 0 saturated carbocycles. The van der Waals surface area contributed by atoms with Gasteiger partial charge in [-0.25, -0.2) is 0 Å². The maximum Gasteiger partial charge on any atom is 0.142 e. The fraction of sp³-hybridized carbons (Fsp3) is 0.176. The zero-order valence-electron chi connectivity index (χ0n) is 11.9. The molecule has 1 heterocycles. The Labute approximate surface area is 132 Å². The number of fused-ring (bicyclic) bond motifs is 1. The molecule has 0 bridgehead atoms. The van der Waals surface area contributed by atoms with Crippen molar-refractivity contribution in [3.63, 3.8) is 0 Å². The van der Waals surface area contributed by atoms with Crippen LogP contribution < -0.4 is 10.1 Å². The van der Waals surface area contributed by atoms with Gasteiger partial charge >= 0.3 is 0 Å². The highest BCUT2D eigenvalue weighted by atomic mass is 79.9. The second kappa shape index (κ2) is 5.82. The Bertz CT molecular complexity index is 780. The first-order valence-electron chi connectivity index (χ1n) is 6.73. The summed E-state index contributed by atoms with van der Waals surface area (Å²) in [7, 11) is 1.67. The van der Waals surface area contributed by atoms with Gasteiger partial charge in [0.25, 0.3) is 0 Å². The Morgan fingerprint density at radius 3 is 2.81 bits per heavy atom. The predicted molar refractivity (Wildman–Crippen MR) is 89.0 cm³/mol. The highest BCUT2D eigenvalue weighted by Gasteiger charge is 2.11. The quantitative estimate of drug-likeness (QED) is 0.712. The standard InChI is InChI=1S/C17H16BrNO2/c1-11-14(13-5-3-4-6-16(13)21-11)10-19-15-9-12(18)7-8-17(15)20-2/h3-9,19H,10H2,1-2H3. The number of para-hydroxylation sites is 1. The van der Waals surface area contributed by atoms with Crippen molar-refractivity contribution in [2.45, 2.75) is 13.5 Å². The van der Waals surface area contributed by atoms with Crippen molar-refractivity contribution >= 4 is 32.6 Å². The fourth-order valence-electron chi connectivity index (χ4n) is 2.44. The van der Waals surface area contributed by atoms with Crippen LogP contribution in [0.5, 0.6) is 5.75 Å². The van der Waals surface area contributed by atoms with Gasteiger partial charge in [0.05, 0.1) is 12.8 Å². The Hall–Kier alpha value is -1.94. The van der Waals surface area contributed by atoms with E-state index in [2.05, 4.69) is 27.3 Å². The zero-order valence-corrected chi connectivity index (χ0v) is 13.5. The van der Waals surface area contributed by atoms with Crippen LogP contribution in [-0.4, -0.2) is 7.11 Å². The second-order valence-corrected chi connectivity index (χ2v) is 5.75. The molecule has 0 spiro atoms. The van der Waals surface area contributed by atoms with Crippen LogP contribution >= 0.6 is 15.9 Å². The second-order valence-electron chi connectivity index (χ2n) is 4.83. The van der Waals surface area contributed by atoms with Crippen LogP contribution in [0.1, 0.15) is 11.3 Å². The van der Waals surface area contributed by atoms with E-state index in [1.54, 1.807) is 7.11 Å². The van der Waals surface area contributed by atoms with Gasteiger partial charge < -0.3 is 14.5 Å². The van der Waals surface area contributed by atoms with E-state index in [1.807, 2.05) is 43.3 Å². The van der Waals surface area contributed by atoms with Crippen molar-refractivity contribution in [1.29, 1.82) is 0 Å². The molecule has 0 fully saturated rings. The van der Waals surface area contributed by atoms with Gasteiger partial charge in [0.15, 0.2) is 0 Å². The van der Waals surface area contributed by atoms with Gasteiger partial charge in [-0.1, -0.05) is 34.1 Å². The van der Waals surface area contributed by atoms with Crippen LogP contribution in [0.3, 0.4) is 0 Å². The van der Waals surface area contributed by atoms with E-state index in [1.165, 1.54) is 5.56 Å². The van der Waals surface area contributed by atoms with Crippen molar-refractivity contribution in [2.75, 3.05) is 12.4 Å². The summed E-state index contributed by atoms with van der Waals surface area (Å²) in [6, 6.07) is 14.0. The molecule has 1 N–H and O–H groups in total. The summed E-state index contributed by atoms with van der Waals surface area (Å²) in [5, 5.41) is 4.57. The Balaban J connectivity index is 1.90. The van der Waals surface area contributed by atoms with Gasteiger partial charge in [0.2, 0.25) is 0 Å². The minimum atomic E-state index is 0.690. The first-order valence-corrected chi connectivity index (χ1v) is 7.53. The van der Waals surface area contributed by atoms with E-state index in [0.717, 1.165) is 32.6 Å². The largest absolute Gasteiger partial charge is 0.495 e. The molecule has 1 aromatic heterocycles. The van der Waals surface area contributed by atoms with Crippen molar-refractivity contribution in [3.8, 4) is 5.75 Å². The summed E-state index contributed by atoms with van der Waals surface area (Å²) in [5.41, 5.74) is 3.05. The minimum absolute atomic E-state index is 0.690. The Morgan fingerprint density at radius 1 is 1.19 bits per heavy atom. The van der Waals surface area contributed by atoms with E-state index >= 15 is 0 Å². The molecule has 0 aliphatic rings. The molecule has 3 rings (SSSR count). The highest BCUT2D eigenvalue weighted by Crippen LogP contribution is 2.30. The zero-order chi connectivity index (χ0) is 14.8. The number of benzene rings is 2. The predicted octanol–water partition coefficient (Wildman–Crippen LogP) is 5.12. The number of nitrogens with one attached hydrogen (secondary N) is 1. The molecule has 2 aromatic carbocycles. The summed E-state index contributed by atoms with van der Waals surface area (Å²) in [6.45, 7) is 2.69. The molecule has 108 valence electrons. The average molecular weight is 346 g/mol. The van der Waals surface area contributed by atoms with E-state index in [4.69, 9.17) is 9.15 Å². The van der Waals surface area contributed by atoms with Crippen molar-refractivity contribution < 1.29 is 9.15 Å². The monoisotopic (exact) mass is 345 g/mol. The molecule has 0 unspecified atom stereocenters. The number of hydrogen-bond donors (Lipinski definition) is 1. The van der Waals surface area contributed by atoms with Crippen LogP contribution in [0, 0.1) is 6.92 Å². The van der Waals surface area contributed by atoms with Crippen LogP contribution in [0.15, 0.2) is 51.4 Å². The topological polar surface area (TPSA) is 34.4 Å². The van der Waals surface area contributed by atoms with E-state index < -0.39 is 0 Å². The van der Waals surface area contributed by atoms with Gasteiger partial charge in [-0.3, -0.25) is 0 Å². The van der Waals surface area contributed by atoms with Crippen LogP contribution in [0.4, 0.5) is 5.69 Å². The van der Waals surface area contributed by atoms with E-state index in [9.17, 15) is 0 Å². The molecule has 0 aliphatic heterocycles. The molecule has 21 heavy (non-hydrogen) atoms. The van der Waals surface area contributed by atoms with Crippen molar-refractivity contribution in [2.24, 2.45) is 0 Å². The summed E-state index contributed by atoms with van der Waals surface area (Å²) in [6.07, 6.45) is 0. The number of ether oxygens (including phenoxy) is 1. The summed E-state index contributed by atoms with van der Waals surface area (Å²) in [4.78, 5) is 0. The van der Waals surface area contributed by atoms with E-state index in [-0.39, 0.29) is 0 Å². The molecule has 0 amide bonds. The lowest BCUT2D eigenvalue weighted by Crippen LogP contribution is -2.02. The maximum atomic E-state index is 5.79. The maximum absolute atomic E-state index is 5.79. The third-order valence-electron chi connectivity index (χ3n) is 3.52. The molecule has 3 nitrogen and oxygen atoms in total. The van der Waals surface area contributed by atoms with Crippen LogP contribution in [0.2, 0.25) is 0 Å². The lowest BCUT2D eigenvalue weighted by Gasteiger charge is -2.11. The lowest BCUT2D eigenvalue weighted by molar-refractivity contribution is 0.416. The first kappa shape index (κ1) is 14.0. The van der Waals surface area contributed by atoms with Gasteiger partial charge in [-0.05, 0) is 31.2 Å². The van der Waals surface area contributed by atoms with Gasteiger partial charge in [-0.15, -0.1) is 0 Å². The lowest BCUT2D eigenvalue weighted by atomic mass is 10.1. The molecule has 4 heteroatoms. The summed E-state index contributed by atoms with van der Waals surface area (Å²) in [5.74, 6) is 1.77. The summed E-state index contributed by atoms with van der Waals surface area (Å²) >= 11 is 3.48. The fourth-order valence-corrected chi connectivity index (χ4v) is 2.80. The highest BCUT2D eigenvalue weighted by molar-refractivity contribution is 9.10. The van der Waals surface area contributed by atoms with Gasteiger partial charge in [0, 0.05) is 22.0 Å². The normalized spacial score (nSPS) is 10.8. The Morgan fingerprint density at radius 2 is 2.00 bits per heavy atom. The van der Waals surface area contributed by atoms with Crippen LogP contribution in [-0.2, 0) is 6.54 Å². The van der Waals surface area contributed by atoms with E-state index in [0.29, 0.717) is 6.54 Å². The molecule has 0 aliphatic carbocycles. The first-order chi connectivity index (χ1) is 10.2. The number of anilines is 1. The van der Waals surface area contributed by atoms with Crippen molar-refractivity contribution in [1.82, 2.24) is 0 Å².